The van der Waals surface area contributed by atoms with E-state index in [4.69, 9.17) is 25.7 Å². The van der Waals surface area contributed by atoms with Crippen LogP contribution in [0.4, 0.5) is 17.3 Å². The van der Waals surface area contributed by atoms with Gasteiger partial charge in [-0.1, -0.05) is 12.1 Å². The van der Waals surface area contributed by atoms with Crippen molar-refractivity contribution < 1.29 is 9.53 Å². The zero-order valence-corrected chi connectivity index (χ0v) is 17.9. The lowest BCUT2D eigenvalue weighted by molar-refractivity contribution is 0.0949. The molecule has 0 saturated carbocycles. The summed E-state index contributed by atoms with van der Waals surface area (Å²) in [6.07, 6.45) is 1.66. The number of nitrogens with one attached hydrogen (secondary N) is 2. The van der Waals surface area contributed by atoms with Crippen molar-refractivity contribution in [2.75, 3.05) is 36.5 Å². The van der Waals surface area contributed by atoms with Crippen LogP contribution >= 0.6 is 0 Å². The SMILES string of the molecule is [B]C([B])(C#N)NC(=O)c1ccc(-c2ccnc(Nc3ccc(N4CCOCC4)cc3)n2)cc1. The van der Waals surface area contributed by atoms with Gasteiger partial charge in [-0.05, 0) is 42.5 Å². The standard InChI is InChI=1S/C23H20B2N6O2/c24-23(25,15-26)30-21(32)17-3-1-16(2-4-17)20-9-10-27-22(29-20)28-18-5-7-19(8-6-18)31-11-13-33-14-12-31/h1-10H,11-14H2,(H,30,32)(H,27,28,29). The van der Waals surface area contributed by atoms with Gasteiger partial charge in [0.1, 0.15) is 15.7 Å². The van der Waals surface area contributed by atoms with E-state index in [2.05, 4.69) is 37.6 Å². The van der Waals surface area contributed by atoms with Gasteiger partial charge in [0.2, 0.25) is 5.95 Å². The number of anilines is 3. The lowest BCUT2D eigenvalue weighted by atomic mass is 9.63. The van der Waals surface area contributed by atoms with E-state index in [-0.39, 0.29) is 0 Å². The number of carbonyl (C=O) groups excluding carboxylic acids is 1. The first-order chi connectivity index (χ1) is 15.9. The van der Waals surface area contributed by atoms with Crippen LogP contribution in [0.15, 0.2) is 60.8 Å². The minimum absolute atomic E-state index is 0.321. The molecule has 160 valence electrons. The molecule has 2 N–H and O–H groups in total. The van der Waals surface area contributed by atoms with Crippen LogP contribution in [0.5, 0.6) is 0 Å². The number of benzene rings is 2. The van der Waals surface area contributed by atoms with Gasteiger partial charge in [0.25, 0.3) is 5.91 Å². The van der Waals surface area contributed by atoms with E-state index in [0.717, 1.165) is 43.2 Å². The summed E-state index contributed by atoms with van der Waals surface area (Å²) >= 11 is 0. The zero-order valence-electron chi connectivity index (χ0n) is 17.9. The maximum Gasteiger partial charge on any atom is 0.251 e. The summed E-state index contributed by atoms with van der Waals surface area (Å²) in [5.74, 6) is -0.0859. The van der Waals surface area contributed by atoms with Crippen LogP contribution in [0.2, 0.25) is 0 Å². The zero-order chi connectivity index (χ0) is 23.3. The van der Waals surface area contributed by atoms with Crippen molar-refractivity contribution in [1.29, 1.82) is 5.26 Å². The van der Waals surface area contributed by atoms with E-state index < -0.39 is 11.2 Å². The number of aromatic nitrogens is 2. The van der Waals surface area contributed by atoms with Crippen LogP contribution < -0.4 is 15.5 Å². The van der Waals surface area contributed by atoms with E-state index in [1.165, 1.54) is 0 Å². The molecule has 0 spiro atoms. The number of morpholine rings is 1. The van der Waals surface area contributed by atoms with E-state index in [1.54, 1.807) is 42.6 Å². The Morgan fingerprint density at radius 2 is 1.76 bits per heavy atom. The number of ether oxygens (including phenoxy) is 1. The summed E-state index contributed by atoms with van der Waals surface area (Å²) in [4.78, 5) is 23.3. The van der Waals surface area contributed by atoms with E-state index in [1.807, 2.05) is 12.1 Å². The Bertz CT molecular complexity index is 1160. The van der Waals surface area contributed by atoms with Gasteiger partial charge in [0.15, 0.2) is 0 Å². The molecule has 1 aliphatic heterocycles. The summed E-state index contributed by atoms with van der Waals surface area (Å²) < 4.78 is 5.40. The minimum atomic E-state index is -1.93. The molecule has 0 aliphatic carbocycles. The van der Waals surface area contributed by atoms with Gasteiger partial charge in [-0.2, -0.15) is 5.26 Å². The van der Waals surface area contributed by atoms with Gasteiger partial charge >= 0.3 is 0 Å². The molecule has 0 unspecified atom stereocenters. The summed E-state index contributed by atoms with van der Waals surface area (Å²) in [7, 11) is 10.9. The molecule has 3 aromatic rings. The van der Waals surface area contributed by atoms with Crippen LogP contribution in [-0.2, 0) is 4.74 Å². The number of carbonyl (C=O) groups is 1. The highest BCUT2D eigenvalue weighted by atomic mass is 16.5. The molecule has 8 nitrogen and oxygen atoms in total. The monoisotopic (exact) mass is 434 g/mol. The number of nitriles is 1. The Balaban J connectivity index is 1.43. The molecular formula is C23H20B2N6O2. The average Bonchev–Trinajstić information content (AvgIpc) is 2.85. The molecule has 1 fully saturated rings. The van der Waals surface area contributed by atoms with Crippen molar-refractivity contribution in [2.24, 2.45) is 0 Å². The Labute approximate surface area is 194 Å². The third kappa shape index (κ3) is 5.70. The second kappa shape index (κ2) is 9.76. The fourth-order valence-electron chi connectivity index (χ4n) is 3.37. The first-order valence-electron chi connectivity index (χ1n) is 10.4. The highest BCUT2D eigenvalue weighted by Gasteiger charge is 2.19. The third-order valence-electron chi connectivity index (χ3n) is 5.10. The largest absolute Gasteiger partial charge is 0.378 e. The fourth-order valence-corrected chi connectivity index (χ4v) is 3.37. The number of hydrogen-bond donors (Lipinski definition) is 2. The number of rotatable bonds is 6. The van der Waals surface area contributed by atoms with Gasteiger partial charge in [0.05, 0.1) is 25.0 Å². The van der Waals surface area contributed by atoms with Gasteiger partial charge in [-0.15, -0.1) is 0 Å². The Hall–Kier alpha value is -3.83. The molecule has 2 aromatic carbocycles. The van der Waals surface area contributed by atoms with Gasteiger partial charge in [-0.3, -0.25) is 4.79 Å². The molecule has 2 heterocycles. The molecule has 4 radical (unpaired) electrons. The Morgan fingerprint density at radius 1 is 1.06 bits per heavy atom. The van der Waals surface area contributed by atoms with Crippen molar-refractivity contribution in [3.63, 3.8) is 0 Å². The van der Waals surface area contributed by atoms with Gasteiger partial charge in [-0.25, -0.2) is 9.97 Å². The van der Waals surface area contributed by atoms with Gasteiger partial charge < -0.3 is 20.3 Å². The molecule has 0 atom stereocenters. The van der Waals surface area contributed by atoms with E-state index >= 15 is 0 Å². The highest BCUT2D eigenvalue weighted by molar-refractivity contribution is 6.43. The van der Waals surface area contributed by atoms with Crippen LogP contribution in [0, 0.1) is 11.3 Å². The lowest BCUT2D eigenvalue weighted by Crippen LogP contribution is -2.48. The Morgan fingerprint density at radius 3 is 2.42 bits per heavy atom. The van der Waals surface area contributed by atoms with Gasteiger partial charge in [0, 0.05) is 47.1 Å². The van der Waals surface area contributed by atoms with Crippen LogP contribution in [-0.4, -0.2) is 63.2 Å². The number of hydrogen-bond acceptors (Lipinski definition) is 7. The van der Waals surface area contributed by atoms with Crippen LogP contribution in [0.25, 0.3) is 11.3 Å². The molecule has 1 aromatic heterocycles. The van der Waals surface area contributed by atoms with Crippen molar-refractivity contribution in [1.82, 2.24) is 15.3 Å². The molecule has 0 bridgehead atoms. The van der Waals surface area contributed by atoms with E-state index in [0.29, 0.717) is 17.2 Å². The third-order valence-corrected chi connectivity index (χ3v) is 5.10. The van der Waals surface area contributed by atoms with Crippen molar-refractivity contribution >= 4 is 38.9 Å². The molecule has 4 rings (SSSR count). The minimum Gasteiger partial charge on any atom is -0.378 e. The maximum absolute atomic E-state index is 12.2. The molecule has 1 saturated heterocycles. The topological polar surface area (TPSA) is 103 Å². The lowest BCUT2D eigenvalue weighted by Gasteiger charge is -2.28. The predicted molar refractivity (Wildman–Crippen MR) is 128 cm³/mol. The molecule has 1 aliphatic rings. The summed E-state index contributed by atoms with van der Waals surface area (Å²) in [6.45, 7) is 3.26. The summed E-state index contributed by atoms with van der Waals surface area (Å²) in [5.41, 5.74) is 3.84. The van der Waals surface area contributed by atoms with Crippen LogP contribution in [0.3, 0.4) is 0 Å². The highest BCUT2D eigenvalue weighted by Crippen LogP contribution is 2.23. The molecular weight excluding hydrogens is 414 g/mol. The number of nitrogens with zero attached hydrogens (tertiary/aromatic N) is 4. The number of amides is 1. The van der Waals surface area contributed by atoms with Crippen molar-refractivity contribution in [3.8, 4) is 17.3 Å². The molecule has 10 heteroatoms. The molecule has 33 heavy (non-hydrogen) atoms. The molecule has 1 amide bonds. The first-order valence-corrected chi connectivity index (χ1v) is 10.4. The van der Waals surface area contributed by atoms with Crippen LogP contribution in [0.1, 0.15) is 10.4 Å². The smallest absolute Gasteiger partial charge is 0.251 e. The first kappa shape index (κ1) is 22.4. The maximum atomic E-state index is 12.2. The summed E-state index contributed by atoms with van der Waals surface area (Å²) in [5, 5.41) is 12.4. The fraction of sp³-hybridized carbons (Fsp3) is 0.217. The average molecular weight is 434 g/mol. The summed E-state index contributed by atoms with van der Waals surface area (Å²) in [6, 6.07) is 18.2. The normalized spacial score (nSPS) is 13.7. The van der Waals surface area contributed by atoms with E-state index in [9.17, 15) is 4.79 Å². The second-order valence-electron chi connectivity index (χ2n) is 7.55. The Kier molecular flexibility index (Phi) is 6.61. The van der Waals surface area contributed by atoms with Crippen molar-refractivity contribution in [3.05, 3.63) is 66.4 Å². The quantitative estimate of drug-likeness (QED) is 0.572. The van der Waals surface area contributed by atoms with Crippen molar-refractivity contribution in [2.45, 2.75) is 5.34 Å². The predicted octanol–water partition coefficient (Wildman–Crippen LogP) is 1.97. The second-order valence-corrected chi connectivity index (χ2v) is 7.55.